The topological polar surface area (TPSA) is 52.1 Å². The number of aromatic nitrogens is 2. The molecular formula is C11H16N2O2. The van der Waals surface area contributed by atoms with Crippen molar-refractivity contribution in [2.75, 3.05) is 13.7 Å². The summed E-state index contributed by atoms with van der Waals surface area (Å²) in [5.41, 5.74) is 0.492. The van der Waals surface area contributed by atoms with Crippen molar-refractivity contribution in [1.82, 2.24) is 9.97 Å². The summed E-state index contributed by atoms with van der Waals surface area (Å²) in [5, 5.41) is 0. The van der Waals surface area contributed by atoms with Crippen LogP contribution >= 0.6 is 0 Å². The first kappa shape index (κ1) is 11.8. The van der Waals surface area contributed by atoms with Crippen molar-refractivity contribution in [2.45, 2.75) is 20.3 Å². The number of aryl methyl sites for hydroxylation is 1. The number of Topliss-reactive ketones (excluding diaryl/α,β-unsaturated/α-hetero) is 1. The fourth-order valence-electron chi connectivity index (χ4n) is 1.27. The zero-order valence-corrected chi connectivity index (χ0v) is 9.36. The Labute approximate surface area is 89.7 Å². The second-order valence-corrected chi connectivity index (χ2v) is 3.54. The normalized spacial score (nSPS) is 12.5. The number of hydrogen-bond acceptors (Lipinski definition) is 4. The van der Waals surface area contributed by atoms with E-state index in [0.717, 1.165) is 6.42 Å². The lowest BCUT2D eigenvalue weighted by Gasteiger charge is -2.08. The Bertz CT molecular complexity index is 339. The van der Waals surface area contributed by atoms with Crippen molar-refractivity contribution < 1.29 is 9.53 Å². The summed E-state index contributed by atoms with van der Waals surface area (Å²) < 4.78 is 4.94. The highest BCUT2D eigenvalue weighted by Crippen LogP contribution is 2.10. The van der Waals surface area contributed by atoms with Crippen LogP contribution < -0.4 is 0 Å². The van der Waals surface area contributed by atoms with Gasteiger partial charge < -0.3 is 4.74 Å². The van der Waals surface area contributed by atoms with Crippen LogP contribution in [0.25, 0.3) is 0 Å². The molecule has 0 radical (unpaired) electrons. The summed E-state index contributed by atoms with van der Waals surface area (Å²) in [6, 6.07) is 1.65. The van der Waals surface area contributed by atoms with Gasteiger partial charge >= 0.3 is 0 Å². The van der Waals surface area contributed by atoms with E-state index >= 15 is 0 Å². The first-order chi connectivity index (χ1) is 7.15. The van der Waals surface area contributed by atoms with Crippen LogP contribution in [0.15, 0.2) is 12.3 Å². The lowest BCUT2D eigenvalue weighted by atomic mass is 10.0. The quantitative estimate of drug-likeness (QED) is 0.690. The first-order valence-electron chi connectivity index (χ1n) is 4.98. The van der Waals surface area contributed by atoms with Crippen LogP contribution in [0.2, 0.25) is 0 Å². The number of ether oxygens (including phenoxy) is 1. The summed E-state index contributed by atoms with van der Waals surface area (Å²) in [6.45, 7) is 4.26. The maximum absolute atomic E-state index is 11.9. The molecule has 0 amide bonds. The minimum absolute atomic E-state index is 0.0533. The average molecular weight is 208 g/mol. The molecule has 1 atom stereocenters. The number of nitrogens with zero attached hydrogens (tertiary/aromatic N) is 2. The molecule has 0 fully saturated rings. The highest BCUT2D eigenvalue weighted by Gasteiger charge is 2.16. The summed E-state index contributed by atoms with van der Waals surface area (Å²) in [5.74, 6) is 0.622. The highest BCUT2D eigenvalue weighted by molar-refractivity contribution is 5.95. The largest absolute Gasteiger partial charge is 0.385 e. The van der Waals surface area contributed by atoms with Crippen molar-refractivity contribution in [1.29, 1.82) is 0 Å². The molecule has 15 heavy (non-hydrogen) atoms. The molecule has 0 bridgehead atoms. The van der Waals surface area contributed by atoms with Crippen molar-refractivity contribution >= 4 is 5.78 Å². The monoisotopic (exact) mass is 208 g/mol. The van der Waals surface area contributed by atoms with Crippen molar-refractivity contribution in [3.8, 4) is 0 Å². The molecule has 0 aliphatic carbocycles. The van der Waals surface area contributed by atoms with E-state index in [1.807, 2.05) is 6.92 Å². The minimum atomic E-state index is -0.0563. The fourth-order valence-corrected chi connectivity index (χ4v) is 1.27. The maximum atomic E-state index is 11.9. The molecule has 0 aliphatic heterocycles. The van der Waals surface area contributed by atoms with Gasteiger partial charge in [0.1, 0.15) is 11.5 Å². The average Bonchev–Trinajstić information content (AvgIpc) is 2.24. The Morgan fingerprint density at radius 2 is 2.33 bits per heavy atom. The van der Waals surface area contributed by atoms with E-state index in [1.165, 1.54) is 0 Å². The second-order valence-electron chi connectivity index (χ2n) is 3.54. The number of carbonyl (C=O) groups is 1. The van der Waals surface area contributed by atoms with Gasteiger partial charge in [0.15, 0.2) is 5.78 Å². The predicted octanol–water partition coefficient (Wildman–Crippen LogP) is 1.64. The number of hydrogen-bond donors (Lipinski definition) is 0. The second kappa shape index (κ2) is 5.56. The van der Waals surface area contributed by atoms with Crippen molar-refractivity contribution in [2.24, 2.45) is 5.92 Å². The molecule has 1 unspecified atom stereocenters. The molecule has 1 rings (SSSR count). The smallest absolute Gasteiger partial charge is 0.184 e. The van der Waals surface area contributed by atoms with E-state index in [2.05, 4.69) is 9.97 Å². The van der Waals surface area contributed by atoms with Gasteiger partial charge in [0.2, 0.25) is 0 Å². The third kappa shape index (κ3) is 3.40. The van der Waals surface area contributed by atoms with Gasteiger partial charge in [-0.05, 0) is 19.4 Å². The summed E-state index contributed by atoms with van der Waals surface area (Å²) in [4.78, 5) is 19.9. The van der Waals surface area contributed by atoms with E-state index < -0.39 is 0 Å². The van der Waals surface area contributed by atoms with Gasteiger partial charge in [0, 0.05) is 25.8 Å². The molecule has 4 nitrogen and oxygen atoms in total. The zero-order valence-electron chi connectivity index (χ0n) is 9.36. The molecule has 0 spiro atoms. The molecule has 4 heteroatoms. The maximum Gasteiger partial charge on any atom is 0.184 e. The molecule has 82 valence electrons. The summed E-state index contributed by atoms with van der Waals surface area (Å²) in [7, 11) is 1.63. The number of carbonyl (C=O) groups excluding carboxylic acids is 1. The van der Waals surface area contributed by atoms with Gasteiger partial charge in [-0.2, -0.15) is 0 Å². The van der Waals surface area contributed by atoms with Gasteiger partial charge in [0.05, 0.1) is 0 Å². The van der Waals surface area contributed by atoms with Gasteiger partial charge in [0.25, 0.3) is 0 Å². The van der Waals surface area contributed by atoms with Crippen LogP contribution in [0.4, 0.5) is 0 Å². The summed E-state index contributed by atoms with van der Waals surface area (Å²) in [6.07, 6.45) is 2.33. The SMILES string of the molecule is COCCC(C)C(=O)c1ccnc(C)n1. The Kier molecular flexibility index (Phi) is 4.37. The Morgan fingerprint density at radius 1 is 1.60 bits per heavy atom. The lowest BCUT2D eigenvalue weighted by Crippen LogP contribution is -2.15. The lowest BCUT2D eigenvalue weighted by molar-refractivity contribution is 0.0888. The molecule has 0 saturated heterocycles. The van der Waals surface area contributed by atoms with E-state index in [-0.39, 0.29) is 11.7 Å². The van der Waals surface area contributed by atoms with E-state index in [0.29, 0.717) is 18.1 Å². The first-order valence-corrected chi connectivity index (χ1v) is 4.98. The predicted molar refractivity (Wildman–Crippen MR) is 56.8 cm³/mol. The van der Waals surface area contributed by atoms with Gasteiger partial charge in [-0.25, -0.2) is 9.97 Å². The molecule has 1 aromatic rings. The Balaban J connectivity index is 2.67. The molecule has 0 N–H and O–H groups in total. The van der Waals surface area contributed by atoms with Gasteiger partial charge in [-0.1, -0.05) is 6.92 Å². The third-order valence-electron chi connectivity index (χ3n) is 2.23. The van der Waals surface area contributed by atoms with Crippen LogP contribution in [0.3, 0.4) is 0 Å². The van der Waals surface area contributed by atoms with Crippen LogP contribution in [-0.2, 0) is 4.74 Å². The molecular weight excluding hydrogens is 192 g/mol. The van der Waals surface area contributed by atoms with Crippen molar-refractivity contribution in [3.63, 3.8) is 0 Å². The Hall–Kier alpha value is -1.29. The Morgan fingerprint density at radius 3 is 2.93 bits per heavy atom. The van der Waals surface area contributed by atoms with Crippen LogP contribution in [0, 0.1) is 12.8 Å². The number of methoxy groups -OCH3 is 1. The molecule has 1 heterocycles. The van der Waals surface area contributed by atoms with Crippen LogP contribution in [-0.4, -0.2) is 29.5 Å². The minimum Gasteiger partial charge on any atom is -0.385 e. The van der Waals surface area contributed by atoms with Crippen molar-refractivity contribution in [3.05, 3.63) is 23.8 Å². The van der Waals surface area contributed by atoms with Crippen LogP contribution in [0.1, 0.15) is 29.7 Å². The zero-order chi connectivity index (χ0) is 11.3. The summed E-state index contributed by atoms with van der Waals surface area (Å²) >= 11 is 0. The van der Waals surface area contributed by atoms with Crippen LogP contribution in [0.5, 0.6) is 0 Å². The fraction of sp³-hybridized carbons (Fsp3) is 0.545. The van der Waals surface area contributed by atoms with Gasteiger partial charge in [-0.15, -0.1) is 0 Å². The molecule has 0 aromatic carbocycles. The molecule has 1 aromatic heterocycles. The van der Waals surface area contributed by atoms with E-state index in [9.17, 15) is 4.79 Å². The standard InChI is InChI=1S/C11H16N2O2/c1-8(5-7-15-3)11(14)10-4-6-12-9(2)13-10/h4,6,8H,5,7H2,1-3H3. The molecule has 0 aliphatic rings. The van der Waals surface area contributed by atoms with Gasteiger partial charge in [-0.3, -0.25) is 4.79 Å². The third-order valence-corrected chi connectivity index (χ3v) is 2.23. The number of rotatable bonds is 5. The van der Waals surface area contributed by atoms with E-state index in [1.54, 1.807) is 26.3 Å². The van der Waals surface area contributed by atoms with E-state index in [4.69, 9.17) is 4.74 Å². The number of ketones is 1. The highest BCUT2D eigenvalue weighted by atomic mass is 16.5. The molecule has 0 saturated carbocycles.